The summed E-state index contributed by atoms with van der Waals surface area (Å²) in [5.41, 5.74) is 9.14. The zero-order valence-electron chi connectivity index (χ0n) is 11.8. The minimum Gasteiger partial charge on any atom is -0.383 e. The van der Waals surface area contributed by atoms with Gasteiger partial charge in [-0.3, -0.25) is 4.98 Å². The number of nitrogens with zero attached hydrogens (tertiary/aromatic N) is 3. The highest BCUT2D eigenvalue weighted by Crippen LogP contribution is 2.28. The second-order valence-corrected chi connectivity index (χ2v) is 4.96. The van der Waals surface area contributed by atoms with Crippen molar-refractivity contribution in [2.24, 2.45) is 0 Å². The van der Waals surface area contributed by atoms with Crippen LogP contribution in [0.2, 0.25) is 0 Å². The third-order valence-corrected chi connectivity index (χ3v) is 3.52. The molecule has 0 atom stereocenters. The van der Waals surface area contributed by atoms with Crippen molar-refractivity contribution in [2.75, 3.05) is 5.73 Å². The molecule has 2 heterocycles. The van der Waals surface area contributed by atoms with Crippen molar-refractivity contribution in [1.82, 2.24) is 14.5 Å². The number of hydrogen-bond donors (Lipinski definition) is 1. The van der Waals surface area contributed by atoms with Crippen molar-refractivity contribution in [3.63, 3.8) is 0 Å². The lowest BCUT2D eigenvalue weighted by Crippen LogP contribution is -2.04. The van der Waals surface area contributed by atoms with Gasteiger partial charge in [0.05, 0.1) is 5.52 Å². The Balaban J connectivity index is 2.13. The molecule has 102 valence electrons. The zero-order valence-corrected chi connectivity index (χ0v) is 11.8. The summed E-state index contributed by atoms with van der Waals surface area (Å²) in [7, 11) is 0. The van der Waals surface area contributed by atoms with Gasteiger partial charge < -0.3 is 10.3 Å². The molecule has 20 heavy (non-hydrogen) atoms. The maximum absolute atomic E-state index is 6.25. The van der Waals surface area contributed by atoms with Gasteiger partial charge in [0.1, 0.15) is 17.3 Å². The number of fused-ring (bicyclic) bond motifs is 1. The summed E-state index contributed by atoms with van der Waals surface area (Å²) in [5, 5.41) is 1.10. The average molecular weight is 266 g/mol. The fraction of sp³-hybridized carbons (Fsp3) is 0.250. The van der Waals surface area contributed by atoms with E-state index in [4.69, 9.17) is 5.73 Å². The maximum atomic E-state index is 6.25. The molecular formula is C16H18N4. The predicted molar refractivity (Wildman–Crippen MR) is 82.4 cm³/mol. The Morgan fingerprint density at radius 3 is 2.90 bits per heavy atom. The van der Waals surface area contributed by atoms with Gasteiger partial charge >= 0.3 is 0 Å². The number of aromatic nitrogens is 3. The number of nitrogen functional groups attached to an aromatic ring is 1. The summed E-state index contributed by atoms with van der Waals surface area (Å²) in [4.78, 5) is 8.96. The van der Waals surface area contributed by atoms with Crippen molar-refractivity contribution in [3.05, 3.63) is 42.4 Å². The van der Waals surface area contributed by atoms with Crippen LogP contribution in [0.5, 0.6) is 0 Å². The molecule has 2 aromatic heterocycles. The van der Waals surface area contributed by atoms with E-state index in [1.165, 1.54) is 0 Å². The number of pyridine rings is 1. The first-order valence-electron chi connectivity index (χ1n) is 6.88. The highest BCUT2D eigenvalue weighted by atomic mass is 15.1. The normalized spacial score (nSPS) is 11.1. The Morgan fingerprint density at radius 1 is 1.25 bits per heavy atom. The number of rotatable bonds is 3. The van der Waals surface area contributed by atoms with Crippen molar-refractivity contribution in [2.45, 2.75) is 26.8 Å². The Bertz CT molecular complexity index is 758. The first kappa shape index (κ1) is 12.7. The lowest BCUT2D eigenvalue weighted by Gasteiger charge is -2.06. The lowest BCUT2D eigenvalue weighted by molar-refractivity contribution is 0.665. The number of anilines is 1. The number of nitrogens with two attached hydrogens (primary N) is 1. The molecule has 0 bridgehead atoms. The summed E-state index contributed by atoms with van der Waals surface area (Å²) in [6, 6.07) is 10.1. The highest BCUT2D eigenvalue weighted by Gasteiger charge is 2.13. The van der Waals surface area contributed by atoms with E-state index in [0.29, 0.717) is 0 Å². The number of hydrogen-bond acceptors (Lipinski definition) is 3. The first-order valence-corrected chi connectivity index (χ1v) is 6.88. The van der Waals surface area contributed by atoms with E-state index in [1.807, 2.05) is 25.1 Å². The third kappa shape index (κ3) is 2.03. The topological polar surface area (TPSA) is 56.7 Å². The molecule has 1 aromatic carbocycles. The summed E-state index contributed by atoms with van der Waals surface area (Å²) in [5.74, 6) is 1.71. The van der Waals surface area contributed by atoms with E-state index in [0.717, 1.165) is 46.8 Å². The van der Waals surface area contributed by atoms with Gasteiger partial charge in [0.2, 0.25) is 0 Å². The quantitative estimate of drug-likeness (QED) is 0.790. The molecule has 0 amide bonds. The second-order valence-electron chi connectivity index (χ2n) is 4.96. The van der Waals surface area contributed by atoms with E-state index in [9.17, 15) is 0 Å². The highest BCUT2D eigenvalue weighted by molar-refractivity contribution is 5.85. The SMILES string of the molecule is CCCn1c(C)nc(-c2ccc3ncccc3c2)c1N. The van der Waals surface area contributed by atoms with Crippen LogP contribution < -0.4 is 5.73 Å². The molecule has 4 nitrogen and oxygen atoms in total. The fourth-order valence-corrected chi connectivity index (χ4v) is 2.52. The molecule has 0 saturated carbocycles. The molecular weight excluding hydrogens is 248 g/mol. The van der Waals surface area contributed by atoms with Crippen LogP contribution in [0.4, 0.5) is 5.82 Å². The molecule has 0 radical (unpaired) electrons. The van der Waals surface area contributed by atoms with E-state index in [2.05, 4.69) is 33.6 Å². The third-order valence-electron chi connectivity index (χ3n) is 3.52. The number of aryl methyl sites for hydroxylation is 1. The Labute approximate surface area is 118 Å². The summed E-state index contributed by atoms with van der Waals surface area (Å²) < 4.78 is 2.07. The molecule has 2 N–H and O–H groups in total. The van der Waals surface area contributed by atoms with Gasteiger partial charge in [-0.2, -0.15) is 0 Å². The summed E-state index contributed by atoms with van der Waals surface area (Å²) in [6.07, 6.45) is 2.85. The van der Waals surface area contributed by atoms with E-state index < -0.39 is 0 Å². The van der Waals surface area contributed by atoms with E-state index in [-0.39, 0.29) is 0 Å². The van der Waals surface area contributed by atoms with Gasteiger partial charge in [-0.05, 0) is 31.5 Å². The molecule has 3 aromatic rings. The Kier molecular flexibility index (Phi) is 3.14. The van der Waals surface area contributed by atoms with Gasteiger partial charge in [0.15, 0.2) is 0 Å². The molecule has 0 saturated heterocycles. The molecule has 3 rings (SSSR count). The molecule has 4 heteroatoms. The number of imidazole rings is 1. The minimum atomic E-state index is 0.743. The van der Waals surface area contributed by atoms with Gasteiger partial charge in [0.25, 0.3) is 0 Å². The lowest BCUT2D eigenvalue weighted by atomic mass is 10.1. The van der Waals surface area contributed by atoms with Crippen molar-refractivity contribution in [1.29, 1.82) is 0 Å². The molecule has 0 unspecified atom stereocenters. The first-order chi connectivity index (χ1) is 9.70. The van der Waals surface area contributed by atoms with Crippen LogP contribution in [0.15, 0.2) is 36.5 Å². The molecule has 0 spiro atoms. The zero-order chi connectivity index (χ0) is 14.1. The molecule has 0 aliphatic heterocycles. The summed E-state index contributed by atoms with van der Waals surface area (Å²) in [6.45, 7) is 5.04. The van der Waals surface area contributed by atoms with Crippen LogP contribution >= 0.6 is 0 Å². The smallest absolute Gasteiger partial charge is 0.131 e. The van der Waals surface area contributed by atoms with Crippen LogP contribution in [0.1, 0.15) is 19.2 Å². The predicted octanol–water partition coefficient (Wildman–Crippen LogP) is 3.40. The van der Waals surface area contributed by atoms with Crippen LogP contribution in [-0.4, -0.2) is 14.5 Å². The fourth-order valence-electron chi connectivity index (χ4n) is 2.52. The molecule has 0 aliphatic carbocycles. The van der Waals surface area contributed by atoms with Crippen LogP contribution in [0.25, 0.3) is 22.2 Å². The summed E-state index contributed by atoms with van der Waals surface area (Å²) >= 11 is 0. The van der Waals surface area contributed by atoms with E-state index >= 15 is 0 Å². The van der Waals surface area contributed by atoms with Gasteiger partial charge in [-0.25, -0.2) is 4.98 Å². The average Bonchev–Trinajstić information content (AvgIpc) is 2.75. The Morgan fingerprint density at radius 2 is 2.10 bits per heavy atom. The van der Waals surface area contributed by atoms with Gasteiger partial charge in [-0.15, -0.1) is 0 Å². The molecule has 0 aliphatic rings. The number of benzene rings is 1. The largest absolute Gasteiger partial charge is 0.383 e. The van der Waals surface area contributed by atoms with Crippen molar-refractivity contribution >= 4 is 16.7 Å². The van der Waals surface area contributed by atoms with Gasteiger partial charge in [0, 0.05) is 23.7 Å². The van der Waals surface area contributed by atoms with Crippen LogP contribution in [0.3, 0.4) is 0 Å². The second kappa shape index (κ2) is 4.96. The maximum Gasteiger partial charge on any atom is 0.131 e. The van der Waals surface area contributed by atoms with E-state index in [1.54, 1.807) is 6.20 Å². The minimum absolute atomic E-state index is 0.743. The Hall–Kier alpha value is -2.36. The van der Waals surface area contributed by atoms with Crippen LogP contribution in [0, 0.1) is 6.92 Å². The standard InChI is InChI=1S/C16H18N4/c1-3-9-20-11(2)19-15(16(20)17)13-6-7-14-12(10-13)5-4-8-18-14/h4-8,10H,3,9,17H2,1-2H3. The monoisotopic (exact) mass is 266 g/mol. The van der Waals surface area contributed by atoms with Crippen molar-refractivity contribution in [3.8, 4) is 11.3 Å². The van der Waals surface area contributed by atoms with Crippen molar-refractivity contribution < 1.29 is 0 Å². The molecule has 0 fully saturated rings. The van der Waals surface area contributed by atoms with Crippen LogP contribution in [-0.2, 0) is 6.54 Å². The van der Waals surface area contributed by atoms with Gasteiger partial charge in [-0.1, -0.05) is 19.1 Å².